The van der Waals surface area contributed by atoms with Crippen LogP contribution in [0.4, 0.5) is 5.69 Å². The highest BCUT2D eigenvalue weighted by atomic mass is 79.9. The molecule has 0 spiro atoms. The minimum absolute atomic E-state index is 0.0682. The van der Waals surface area contributed by atoms with Crippen LogP contribution in [0.1, 0.15) is 33.8 Å². The molecule has 9 nitrogen and oxygen atoms in total. The van der Waals surface area contributed by atoms with E-state index in [0.29, 0.717) is 54.2 Å². The molecule has 4 rings (SSSR count). The van der Waals surface area contributed by atoms with Crippen molar-refractivity contribution in [3.8, 4) is 0 Å². The van der Waals surface area contributed by atoms with Gasteiger partial charge in [0.1, 0.15) is 4.60 Å². The molecule has 3 N–H and O–H groups in total. The van der Waals surface area contributed by atoms with Gasteiger partial charge in [0.25, 0.3) is 11.8 Å². The molecule has 2 aliphatic rings. The van der Waals surface area contributed by atoms with Crippen molar-refractivity contribution >= 4 is 50.9 Å². The fraction of sp³-hybridized carbons (Fsp3) is 0.455. The largest absolute Gasteiger partial charge is 0.355 e. The number of imidazole rings is 1. The van der Waals surface area contributed by atoms with Crippen molar-refractivity contribution in [1.82, 2.24) is 25.1 Å². The fourth-order valence-electron chi connectivity index (χ4n) is 3.95. The number of carbonyl (C=O) groups excluding carboxylic acids is 3. The predicted octanol–water partition coefficient (Wildman–Crippen LogP) is 2.28. The zero-order valence-electron chi connectivity index (χ0n) is 18.2. The van der Waals surface area contributed by atoms with E-state index in [1.807, 2.05) is 0 Å². The lowest BCUT2D eigenvalue weighted by atomic mass is 9.94. The Hall–Kier alpha value is -2.43. The molecule has 2 aromatic rings. The monoisotopic (exact) mass is 536 g/mol. The van der Waals surface area contributed by atoms with Gasteiger partial charge in [-0.25, -0.2) is 4.98 Å². The van der Waals surface area contributed by atoms with E-state index in [1.165, 1.54) is 0 Å². The Labute approximate surface area is 205 Å². The van der Waals surface area contributed by atoms with Crippen molar-refractivity contribution in [3.63, 3.8) is 0 Å². The second-order valence-electron chi connectivity index (χ2n) is 8.45. The number of piperidine rings is 1. The van der Waals surface area contributed by atoms with Crippen LogP contribution in [0.15, 0.2) is 29.0 Å². The number of benzene rings is 1. The summed E-state index contributed by atoms with van der Waals surface area (Å²) < 4.78 is 2.30. The fourth-order valence-corrected chi connectivity index (χ4v) is 4.48. The number of halogens is 2. The summed E-state index contributed by atoms with van der Waals surface area (Å²) in [5.41, 5.74) is 0.840. The molecule has 2 saturated heterocycles. The molecule has 0 unspecified atom stereocenters. The van der Waals surface area contributed by atoms with Crippen LogP contribution in [0, 0.1) is 11.8 Å². The first-order valence-corrected chi connectivity index (χ1v) is 12.1. The van der Waals surface area contributed by atoms with Gasteiger partial charge in [0.2, 0.25) is 5.91 Å². The molecule has 0 saturated carbocycles. The van der Waals surface area contributed by atoms with E-state index in [1.54, 1.807) is 40.9 Å². The SMILES string of the molecule is Cn1c(Br)cnc1C(=O)Nc1ccc(C(=O)N2CCC(C(=O)NCC3CNC3)CC2)c(Cl)c1. The van der Waals surface area contributed by atoms with E-state index in [9.17, 15) is 14.4 Å². The normalized spacial score (nSPS) is 16.9. The Morgan fingerprint density at radius 2 is 1.97 bits per heavy atom. The molecular formula is C22H26BrClN6O3. The smallest absolute Gasteiger partial charge is 0.291 e. The van der Waals surface area contributed by atoms with Crippen LogP contribution in [-0.4, -0.2) is 64.9 Å². The van der Waals surface area contributed by atoms with Gasteiger partial charge in [-0.15, -0.1) is 0 Å². The quantitative estimate of drug-likeness (QED) is 0.524. The highest BCUT2D eigenvalue weighted by molar-refractivity contribution is 9.10. The number of amides is 3. The van der Waals surface area contributed by atoms with E-state index >= 15 is 0 Å². The Kier molecular flexibility index (Phi) is 7.35. The zero-order valence-corrected chi connectivity index (χ0v) is 20.6. The average Bonchev–Trinajstić information content (AvgIpc) is 3.11. The summed E-state index contributed by atoms with van der Waals surface area (Å²) in [6.45, 7) is 3.63. The number of likely N-dealkylation sites (tertiary alicyclic amines) is 1. The Balaban J connectivity index is 1.31. The van der Waals surface area contributed by atoms with Crippen molar-refractivity contribution in [2.24, 2.45) is 18.9 Å². The maximum absolute atomic E-state index is 13.0. The van der Waals surface area contributed by atoms with Gasteiger partial charge in [0.05, 0.1) is 16.8 Å². The minimum Gasteiger partial charge on any atom is -0.355 e. The molecule has 0 aliphatic carbocycles. The lowest BCUT2D eigenvalue weighted by Gasteiger charge is -2.32. The van der Waals surface area contributed by atoms with Crippen LogP contribution < -0.4 is 16.0 Å². The summed E-state index contributed by atoms with van der Waals surface area (Å²) in [7, 11) is 1.72. The van der Waals surface area contributed by atoms with Crippen molar-refractivity contribution in [2.75, 3.05) is 38.0 Å². The summed E-state index contributed by atoms with van der Waals surface area (Å²) in [5, 5.41) is 9.23. The molecule has 0 bridgehead atoms. The van der Waals surface area contributed by atoms with Gasteiger partial charge in [0, 0.05) is 57.3 Å². The summed E-state index contributed by atoms with van der Waals surface area (Å²) in [6, 6.07) is 4.81. The van der Waals surface area contributed by atoms with E-state index in [0.717, 1.165) is 13.1 Å². The molecule has 3 heterocycles. The third-order valence-electron chi connectivity index (χ3n) is 6.18. The van der Waals surface area contributed by atoms with E-state index in [2.05, 4.69) is 36.9 Å². The first-order valence-electron chi connectivity index (χ1n) is 10.9. The molecule has 1 aromatic carbocycles. The molecule has 1 aromatic heterocycles. The highest BCUT2D eigenvalue weighted by Gasteiger charge is 2.29. The van der Waals surface area contributed by atoms with Gasteiger partial charge in [-0.2, -0.15) is 0 Å². The second kappa shape index (κ2) is 10.2. The standard InChI is InChI=1S/C22H26BrClN6O3/c1-29-18(23)12-26-19(29)21(32)28-15-2-3-16(17(24)8-15)22(33)30-6-4-14(5-7-30)20(31)27-11-13-9-25-10-13/h2-3,8,12-14,25H,4-7,9-11H2,1H3,(H,27,31)(H,28,32). The summed E-state index contributed by atoms with van der Waals surface area (Å²) in [4.78, 5) is 43.6. The number of nitrogens with one attached hydrogen (secondary N) is 3. The molecular weight excluding hydrogens is 512 g/mol. The van der Waals surface area contributed by atoms with Crippen molar-refractivity contribution in [1.29, 1.82) is 0 Å². The van der Waals surface area contributed by atoms with Gasteiger partial charge in [-0.1, -0.05) is 11.6 Å². The highest BCUT2D eigenvalue weighted by Crippen LogP contribution is 2.26. The first kappa shape index (κ1) is 23.7. The number of hydrogen-bond acceptors (Lipinski definition) is 5. The van der Waals surface area contributed by atoms with Gasteiger partial charge in [-0.05, 0) is 47.0 Å². The van der Waals surface area contributed by atoms with Gasteiger partial charge < -0.3 is 25.4 Å². The third-order valence-corrected chi connectivity index (χ3v) is 7.23. The predicted molar refractivity (Wildman–Crippen MR) is 128 cm³/mol. The summed E-state index contributed by atoms with van der Waals surface area (Å²) >= 11 is 9.69. The van der Waals surface area contributed by atoms with Gasteiger partial charge in [-0.3, -0.25) is 14.4 Å². The maximum Gasteiger partial charge on any atom is 0.291 e. The number of carbonyl (C=O) groups is 3. The topological polar surface area (TPSA) is 108 Å². The number of aromatic nitrogens is 2. The van der Waals surface area contributed by atoms with E-state index in [-0.39, 0.29) is 34.5 Å². The number of anilines is 1. The molecule has 33 heavy (non-hydrogen) atoms. The zero-order chi connectivity index (χ0) is 23.5. The molecule has 176 valence electrons. The Bertz CT molecular complexity index is 1060. The average molecular weight is 538 g/mol. The number of nitrogens with zero attached hydrogens (tertiary/aromatic N) is 3. The molecule has 2 aliphatic heterocycles. The number of hydrogen-bond donors (Lipinski definition) is 3. The van der Waals surface area contributed by atoms with E-state index in [4.69, 9.17) is 11.6 Å². The lowest BCUT2D eigenvalue weighted by molar-refractivity contribution is -0.126. The van der Waals surface area contributed by atoms with Gasteiger partial charge >= 0.3 is 0 Å². The second-order valence-corrected chi connectivity index (χ2v) is 9.67. The van der Waals surface area contributed by atoms with Crippen molar-refractivity contribution in [2.45, 2.75) is 12.8 Å². The summed E-state index contributed by atoms with van der Waals surface area (Å²) in [6.07, 6.45) is 2.80. The Morgan fingerprint density at radius 3 is 2.55 bits per heavy atom. The number of rotatable bonds is 6. The Morgan fingerprint density at radius 1 is 1.24 bits per heavy atom. The summed E-state index contributed by atoms with van der Waals surface area (Å²) in [5.74, 6) is 0.219. The van der Waals surface area contributed by atoms with Crippen LogP contribution in [-0.2, 0) is 11.8 Å². The maximum atomic E-state index is 13.0. The van der Waals surface area contributed by atoms with Crippen LogP contribution >= 0.6 is 27.5 Å². The van der Waals surface area contributed by atoms with E-state index < -0.39 is 0 Å². The van der Waals surface area contributed by atoms with Crippen LogP contribution in [0.25, 0.3) is 0 Å². The lowest BCUT2D eigenvalue weighted by Crippen LogP contribution is -2.50. The first-order chi connectivity index (χ1) is 15.8. The molecule has 0 radical (unpaired) electrons. The van der Waals surface area contributed by atoms with Crippen molar-refractivity contribution < 1.29 is 14.4 Å². The third kappa shape index (κ3) is 5.39. The minimum atomic E-state index is -0.382. The van der Waals surface area contributed by atoms with Gasteiger partial charge in [0.15, 0.2) is 5.82 Å². The van der Waals surface area contributed by atoms with Crippen LogP contribution in [0.5, 0.6) is 0 Å². The molecule has 11 heteroatoms. The molecule has 0 atom stereocenters. The molecule has 3 amide bonds. The van der Waals surface area contributed by atoms with Crippen molar-refractivity contribution in [3.05, 3.63) is 45.4 Å². The van der Waals surface area contributed by atoms with Crippen LogP contribution in [0.2, 0.25) is 5.02 Å². The molecule has 2 fully saturated rings. The van der Waals surface area contributed by atoms with Crippen LogP contribution in [0.3, 0.4) is 0 Å².